The highest BCUT2D eigenvalue weighted by molar-refractivity contribution is 5.94. The Balaban J connectivity index is 1.40. The van der Waals surface area contributed by atoms with Gasteiger partial charge >= 0.3 is 6.03 Å². The molecule has 0 saturated carbocycles. The number of morpholine rings is 2. The molecule has 8 nitrogen and oxygen atoms in total. The van der Waals surface area contributed by atoms with Gasteiger partial charge in [-0.25, -0.2) is 9.18 Å². The van der Waals surface area contributed by atoms with Gasteiger partial charge in [-0.15, -0.1) is 0 Å². The van der Waals surface area contributed by atoms with Crippen molar-refractivity contribution in [3.63, 3.8) is 0 Å². The van der Waals surface area contributed by atoms with E-state index in [1.54, 1.807) is 15.9 Å². The molecule has 182 valence electrons. The van der Waals surface area contributed by atoms with Gasteiger partial charge in [-0.1, -0.05) is 24.3 Å². The largest absolute Gasteiger partial charge is 0.379 e. The summed E-state index contributed by atoms with van der Waals surface area (Å²) in [6.07, 6.45) is -0.336. The summed E-state index contributed by atoms with van der Waals surface area (Å²) in [5.74, 6) is -0.695. The van der Waals surface area contributed by atoms with Gasteiger partial charge in [0.2, 0.25) is 0 Å². The van der Waals surface area contributed by atoms with Gasteiger partial charge < -0.3 is 24.6 Å². The standard InChI is InChI=1S/C25H31FN4O4/c26-21-6-4-5-20(17-21)24(31)29(10-9-28-11-14-33-15-12-28)18-23-19-30(13-16-34-23)25(32)27-22-7-2-1-3-8-22/h1-8,17,23H,9-16,18-19H2,(H,27,32). The molecular formula is C25H31FN4O4. The number of nitrogens with zero attached hydrogens (tertiary/aromatic N) is 3. The number of hydrogen-bond acceptors (Lipinski definition) is 5. The summed E-state index contributed by atoms with van der Waals surface area (Å²) < 4.78 is 25.1. The normalized spacial score (nSPS) is 19.0. The van der Waals surface area contributed by atoms with Crippen molar-refractivity contribution < 1.29 is 23.5 Å². The van der Waals surface area contributed by atoms with Gasteiger partial charge in [0, 0.05) is 50.5 Å². The molecule has 0 aromatic heterocycles. The fourth-order valence-corrected chi connectivity index (χ4v) is 4.15. The predicted molar refractivity (Wildman–Crippen MR) is 126 cm³/mol. The van der Waals surface area contributed by atoms with E-state index in [1.807, 2.05) is 30.3 Å². The third-order valence-electron chi connectivity index (χ3n) is 6.02. The first-order valence-electron chi connectivity index (χ1n) is 11.7. The summed E-state index contributed by atoms with van der Waals surface area (Å²) in [7, 11) is 0. The van der Waals surface area contributed by atoms with E-state index in [-0.39, 0.29) is 18.0 Å². The molecule has 0 spiro atoms. The molecule has 4 rings (SSSR count). The lowest BCUT2D eigenvalue weighted by atomic mass is 10.1. The van der Waals surface area contributed by atoms with Gasteiger partial charge in [0.1, 0.15) is 5.82 Å². The van der Waals surface area contributed by atoms with Crippen molar-refractivity contribution in [1.82, 2.24) is 14.7 Å². The average Bonchev–Trinajstić information content (AvgIpc) is 2.87. The lowest BCUT2D eigenvalue weighted by molar-refractivity contribution is -0.0282. The highest BCUT2D eigenvalue weighted by Crippen LogP contribution is 2.14. The van der Waals surface area contributed by atoms with Crippen LogP contribution in [0.4, 0.5) is 14.9 Å². The number of carbonyl (C=O) groups excluding carboxylic acids is 2. The fraction of sp³-hybridized carbons (Fsp3) is 0.440. The van der Waals surface area contributed by atoms with Crippen molar-refractivity contribution in [3.8, 4) is 0 Å². The van der Waals surface area contributed by atoms with Crippen molar-refractivity contribution in [2.75, 3.05) is 71.0 Å². The van der Waals surface area contributed by atoms with Gasteiger partial charge in [0.25, 0.3) is 5.91 Å². The van der Waals surface area contributed by atoms with E-state index >= 15 is 0 Å². The minimum atomic E-state index is -0.448. The minimum Gasteiger partial charge on any atom is -0.379 e. The Morgan fingerprint density at radius 1 is 1.03 bits per heavy atom. The highest BCUT2D eigenvalue weighted by atomic mass is 19.1. The van der Waals surface area contributed by atoms with Crippen LogP contribution >= 0.6 is 0 Å². The van der Waals surface area contributed by atoms with E-state index < -0.39 is 5.82 Å². The van der Waals surface area contributed by atoms with Crippen LogP contribution in [0.5, 0.6) is 0 Å². The van der Waals surface area contributed by atoms with E-state index in [0.29, 0.717) is 58.1 Å². The summed E-state index contributed by atoms with van der Waals surface area (Å²) in [5.41, 5.74) is 1.03. The monoisotopic (exact) mass is 470 g/mol. The second-order valence-corrected chi connectivity index (χ2v) is 8.45. The van der Waals surface area contributed by atoms with Crippen LogP contribution in [0.1, 0.15) is 10.4 Å². The Bertz CT molecular complexity index is 955. The zero-order chi connectivity index (χ0) is 23.8. The molecule has 1 unspecified atom stereocenters. The van der Waals surface area contributed by atoms with Crippen molar-refractivity contribution >= 4 is 17.6 Å². The first-order chi connectivity index (χ1) is 16.6. The van der Waals surface area contributed by atoms with Crippen LogP contribution < -0.4 is 5.32 Å². The molecule has 34 heavy (non-hydrogen) atoms. The summed E-state index contributed by atoms with van der Waals surface area (Å²) in [5, 5.41) is 2.90. The number of carbonyl (C=O) groups is 2. The number of para-hydroxylation sites is 1. The molecule has 2 aliphatic heterocycles. The molecule has 2 aliphatic rings. The van der Waals surface area contributed by atoms with Crippen LogP contribution in [0.2, 0.25) is 0 Å². The maximum atomic E-state index is 13.8. The molecule has 1 N–H and O–H groups in total. The molecular weight excluding hydrogens is 439 g/mol. The molecule has 2 heterocycles. The Kier molecular flexibility index (Phi) is 8.46. The molecule has 3 amide bonds. The molecule has 2 aromatic rings. The van der Waals surface area contributed by atoms with Gasteiger partial charge in [-0.3, -0.25) is 9.69 Å². The number of ether oxygens (including phenoxy) is 2. The quantitative estimate of drug-likeness (QED) is 0.673. The lowest BCUT2D eigenvalue weighted by Gasteiger charge is -2.36. The molecule has 2 saturated heterocycles. The van der Waals surface area contributed by atoms with Crippen molar-refractivity contribution in [2.24, 2.45) is 0 Å². The second kappa shape index (κ2) is 11.9. The summed E-state index contributed by atoms with van der Waals surface area (Å²) in [4.78, 5) is 31.7. The predicted octanol–water partition coefficient (Wildman–Crippen LogP) is 2.53. The molecule has 0 bridgehead atoms. The number of halogens is 1. The van der Waals surface area contributed by atoms with E-state index in [0.717, 1.165) is 18.8 Å². The average molecular weight is 471 g/mol. The number of anilines is 1. The van der Waals surface area contributed by atoms with Crippen LogP contribution in [-0.2, 0) is 9.47 Å². The SMILES string of the molecule is O=C(Nc1ccccc1)N1CCOC(CN(CCN2CCOCC2)C(=O)c2cccc(F)c2)C1. The number of amides is 3. The first kappa shape index (κ1) is 24.1. The third-order valence-corrected chi connectivity index (χ3v) is 6.02. The summed E-state index contributed by atoms with van der Waals surface area (Å²) >= 11 is 0. The van der Waals surface area contributed by atoms with Crippen molar-refractivity contribution in [3.05, 3.63) is 66.0 Å². The molecule has 0 radical (unpaired) electrons. The number of benzene rings is 2. The Labute approximate surface area is 199 Å². The Hall–Kier alpha value is -3.01. The van der Waals surface area contributed by atoms with E-state index in [9.17, 15) is 14.0 Å². The smallest absolute Gasteiger partial charge is 0.322 e. The Morgan fingerprint density at radius 3 is 2.59 bits per heavy atom. The zero-order valence-corrected chi connectivity index (χ0v) is 19.2. The molecule has 2 fully saturated rings. The van der Waals surface area contributed by atoms with Crippen LogP contribution in [0.3, 0.4) is 0 Å². The summed E-state index contributed by atoms with van der Waals surface area (Å²) in [6, 6.07) is 14.8. The lowest BCUT2D eigenvalue weighted by Crippen LogP contribution is -2.52. The zero-order valence-electron chi connectivity index (χ0n) is 19.2. The molecule has 0 aliphatic carbocycles. The van der Waals surface area contributed by atoms with E-state index in [4.69, 9.17) is 9.47 Å². The van der Waals surface area contributed by atoms with Crippen LogP contribution in [0, 0.1) is 5.82 Å². The number of hydrogen-bond donors (Lipinski definition) is 1. The van der Waals surface area contributed by atoms with Gasteiger partial charge in [-0.05, 0) is 30.3 Å². The van der Waals surface area contributed by atoms with E-state index in [2.05, 4.69) is 10.2 Å². The highest BCUT2D eigenvalue weighted by Gasteiger charge is 2.28. The molecule has 9 heteroatoms. The van der Waals surface area contributed by atoms with Gasteiger partial charge in [-0.2, -0.15) is 0 Å². The number of rotatable bonds is 7. The van der Waals surface area contributed by atoms with Crippen LogP contribution in [0.25, 0.3) is 0 Å². The maximum Gasteiger partial charge on any atom is 0.322 e. The second-order valence-electron chi connectivity index (χ2n) is 8.45. The van der Waals surface area contributed by atoms with Crippen molar-refractivity contribution in [2.45, 2.75) is 6.10 Å². The first-order valence-corrected chi connectivity index (χ1v) is 11.7. The third kappa shape index (κ3) is 6.75. The maximum absolute atomic E-state index is 13.8. The summed E-state index contributed by atoms with van der Waals surface area (Å²) in [6.45, 7) is 5.69. The molecule has 1 atom stereocenters. The van der Waals surface area contributed by atoms with Gasteiger partial charge in [0.05, 0.1) is 32.5 Å². The minimum absolute atomic E-state index is 0.198. The number of urea groups is 1. The number of nitrogens with one attached hydrogen (secondary N) is 1. The van der Waals surface area contributed by atoms with Crippen LogP contribution in [0.15, 0.2) is 54.6 Å². The van der Waals surface area contributed by atoms with E-state index in [1.165, 1.54) is 18.2 Å². The van der Waals surface area contributed by atoms with Crippen molar-refractivity contribution in [1.29, 1.82) is 0 Å². The van der Waals surface area contributed by atoms with Crippen LogP contribution in [-0.4, -0.2) is 98.4 Å². The molecule has 2 aromatic carbocycles. The van der Waals surface area contributed by atoms with Gasteiger partial charge in [0.15, 0.2) is 0 Å². The Morgan fingerprint density at radius 2 is 1.82 bits per heavy atom. The topological polar surface area (TPSA) is 74.4 Å². The fourth-order valence-electron chi connectivity index (χ4n) is 4.15.